The molecule has 0 amide bonds. The second-order valence-corrected chi connectivity index (χ2v) is 4.58. The van der Waals surface area contributed by atoms with Crippen molar-refractivity contribution < 1.29 is 18.6 Å². The smallest absolute Gasteiger partial charge is 0.265 e. The molecule has 1 aromatic heterocycles. The van der Waals surface area contributed by atoms with E-state index in [1.165, 1.54) is 6.07 Å². The number of alkyl halides is 2. The number of nitrogen functional groups attached to an aromatic ring is 1. The number of ether oxygens (including phenoxy) is 1. The SMILES string of the molecule is CC(C)COc1nc(NCC(O)C(F)F)ccc1N. The van der Waals surface area contributed by atoms with E-state index in [9.17, 15) is 8.78 Å². The number of hydrogen-bond donors (Lipinski definition) is 3. The first-order valence-corrected chi connectivity index (χ1v) is 5.99. The molecule has 1 atom stereocenters. The summed E-state index contributed by atoms with van der Waals surface area (Å²) in [6.45, 7) is 4.13. The van der Waals surface area contributed by atoms with E-state index in [0.717, 1.165) is 0 Å². The number of nitrogens with zero attached hydrogens (tertiary/aromatic N) is 1. The molecular formula is C12H19F2N3O2. The van der Waals surface area contributed by atoms with E-state index >= 15 is 0 Å². The average molecular weight is 275 g/mol. The molecule has 5 nitrogen and oxygen atoms in total. The number of halogens is 2. The van der Waals surface area contributed by atoms with Gasteiger partial charge in [0.1, 0.15) is 11.9 Å². The molecule has 0 aromatic carbocycles. The highest BCUT2D eigenvalue weighted by atomic mass is 19.3. The lowest BCUT2D eigenvalue weighted by molar-refractivity contribution is 0.00380. The van der Waals surface area contributed by atoms with Crippen molar-refractivity contribution in [3.8, 4) is 5.88 Å². The summed E-state index contributed by atoms with van der Waals surface area (Å²) >= 11 is 0. The third-order valence-corrected chi connectivity index (χ3v) is 2.23. The molecule has 4 N–H and O–H groups in total. The normalized spacial score (nSPS) is 12.8. The Morgan fingerprint density at radius 2 is 2.11 bits per heavy atom. The summed E-state index contributed by atoms with van der Waals surface area (Å²) in [5.41, 5.74) is 6.07. The molecule has 1 unspecified atom stereocenters. The van der Waals surface area contributed by atoms with E-state index in [2.05, 4.69) is 10.3 Å². The van der Waals surface area contributed by atoms with Gasteiger partial charge in [0.15, 0.2) is 0 Å². The molecule has 0 bridgehead atoms. The van der Waals surface area contributed by atoms with Crippen molar-refractivity contribution in [1.29, 1.82) is 0 Å². The second-order valence-electron chi connectivity index (χ2n) is 4.58. The Labute approximate surface area is 110 Å². The fourth-order valence-corrected chi connectivity index (χ4v) is 1.21. The van der Waals surface area contributed by atoms with Gasteiger partial charge in [0.25, 0.3) is 6.43 Å². The number of rotatable bonds is 7. The molecule has 0 aliphatic rings. The lowest BCUT2D eigenvalue weighted by Gasteiger charge is -2.14. The molecule has 0 saturated heterocycles. The van der Waals surface area contributed by atoms with Crippen LogP contribution in [-0.2, 0) is 0 Å². The highest BCUT2D eigenvalue weighted by Crippen LogP contribution is 2.21. The van der Waals surface area contributed by atoms with Crippen LogP contribution in [0.3, 0.4) is 0 Å². The molecule has 0 aliphatic heterocycles. The number of anilines is 2. The summed E-state index contributed by atoms with van der Waals surface area (Å²) < 4.78 is 29.7. The van der Waals surface area contributed by atoms with Gasteiger partial charge in [-0.15, -0.1) is 0 Å². The monoisotopic (exact) mass is 275 g/mol. The van der Waals surface area contributed by atoms with E-state index in [4.69, 9.17) is 15.6 Å². The van der Waals surface area contributed by atoms with Crippen LogP contribution in [0.5, 0.6) is 5.88 Å². The Morgan fingerprint density at radius 1 is 1.42 bits per heavy atom. The zero-order valence-corrected chi connectivity index (χ0v) is 10.9. The summed E-state index contributed by atoms with van der Waals surface area (Å²) in [5, 5.41) is 11.6. The van der Waals surface area contributed by atoms with Gasteiger partial charge < -0.3 is 20.9 Å². The van der Waals surface area contributed by atoms with Crippen LogP contribution in [0.2, 0.25) is 0 Å². The number of aliphatic hydroxyl groups is 1. The molecule has 0 aliphatic carbocycles. The van der Waals surface area contributed by atoms with E-state index in [-0.39, 0.29) is 12.4 Å². The summed E-state index contributed by atoms with van der Waals surface area (Å²) in [7, 11) is 0. The summed E-state index contributed by atoms with van der Waals surface area (Å²) in [4.78, 5) is 4.06. The first kappa shape index (κ1) is 15.4. The molecule has 0 spiro atoms. The number of nitrogens with one attached hydrogen (secondary N) is 1. The van der Waals surface area contributed by atoms with Gasteiger partial charge in [0.05, 0.1) is 12.3 Å². The van der Waals surface area contributed by atoms with Gasteiger partial charge in [-0.05, 0) is 18.1 Å². The van der Waals surface area contributed by atoms with Crippen LogP contribution in [0.25, 0.3) is 0 Å². The minimum absolute atomic E-state index is 0.255. The highest BCUT2D eigenvalue weighted by molar-refractivity contribution is 5.53. The molecular weight excluding hydrogens is 256 g/mol. The summed E-state index contributed by atoms with van der Waals surface area (Å²) in [5.74, 6) is 0.899. The molecule has 19 heavy (non-hydrogen) atoms. The van der Waals surface area contributed by atoms with Crippen LogP contribution in [0.15, 0.2) is 12.1 Å². The Morgan fingerprint density at radius 3 is 2.68 bits per heavy atom. The van der Waals surface area contributed by atoms with Gasteiger partial charge in [-0.1, -0.05) is 13.8 Å². The fourth-order valence-electron chi connectivity index (χ4n) is 1.21. The maximum Gasteiger partial charge on any atom is 0.265 e. The van der Waals surface area contributed by atoms with Crippen molar-refractivity contribution in [2.45, 2.75) is 26.4 Å². The number of pyridine rings is 1. The Kier molecular flexibility index (Phi) is 5.75. The maximum absolute atomic E-state index is 12.1. The summed E-state index contributed by atoms with van der Waals surface area (Å²) in [6, 6.07) is 3.11. The van der Waals surface area contributed by atoms with Crippen LogP contribution in [0, 0.1) is 5.92 Å². The van der Waals surface area contributed by atoms with Crippen molar-refractivity contribution in [2.24, 2.45) is 5.92 Å². The van der Waals surface area contributed by atoms with Crippen LogP contribution in [-0.4, -0.2) is 35.8 Å². The van der Waals surface area contributed by atoms with Gasteiger partial charge in [-0.3, -0.25) is 0 Å². The first-order chi connectivity index (χ1) is 8.90. The number of aliphatic hydroxyl groups excluding tert-OH is 1. The van der Waals surface area contributed by atoms with Crippen molar-refractivity contribution in [2.75, 3.05) is 24.2 Å². The van der Waals surface area contributed by atoms with Crippen LogP contribution in [0.4, 0.5) is 20.3 Å². The fraction of sp³-hybridized carbons (Fsp3) is 0.583. The van der Waals surface area contributed by atoms with Gasteiger partial charge in [-0.25, -0.2) is 8.78 Å². The molecule has 1 aromatic rings. The van der Waals surface area contributed by atoms with E-state index in [0.29, 0.717) is 24.0 Å². The Hall–Kier alpha value is -1.63. The van der Waals surface area contributed by atoms with Gasteiger partial charge >= 0.3 is 0 Å². The molecule has 1 rings (SSSR count). The minimum Gasteiger partial charge on any atom is -0.476 e. The van der Waals surface area contributed by atoms with E-state index in [1.54, 1.807) is 6.07 Å². The van der Waals surface area contributed by atoms with Crippen LogP contribution < -0.4 is 15.8 Å². The van der Waals surface area contributed by atoms with E-state index in [1.807, 2.05) is 13.8 Å². The molecule has 108 valence electrons. The topological polar surface area (TPSA) is 80.4 Å². The van der Waals surface area contributed by atoms with Crippen LogP contribution in [0.1, 0.15) is 13.8 Å². The second kappa shape index (κ2) is 7.08. The first-order valence-electron chi connectivity index (χ1n) is 5.99. The molecule has 0 radical (unpaired) electrons. The van der Waals surface area contributed by atoms with Crippen molar-refractivity contribution in [1.82, 2.24) is 4.98 Å². The largest absolute Gasteiger partial charge is 0.476 e. The van der Waals surface area contributed by atoms with Crippen molar-refractivity contribution >= 4 is 11.5 Å². The number of aromatic nitrogens is 1. The zero-order valence-electron chi connectivity index (χ0n) is 10.9. The standard InChI is InChI=1S/C12H19F2N3O2/c1-7(2)6-19-12-8(15)3-4-10(17-12)16-5-9(18)11(13)14/h3-4,7,9,11,18H,5-6,15H2,1-2H3,(H,16,17). The average Bonchev–Trinajstić information content (AvgIpc) is 2.35. The molecule has 1 heterocycles. The van der Waals surface area contributed by atoms with E-state index < -0.39 is 12.5 Å². The third kappa shape index (κ3) is 5.25. The Bertz CT molecular complexity index is 403. The predicted octanol–water partition coefficient (Wildman–Crippen LogP) is 1.74. The van der Waals surface area contributed by atoms with Gasteiger partial charge in [0, 0.05) is 6.54 Å². The molecule has 0 saturated carbocycles. The molecule has 7 heteroatoms. The quantitative estimate of drug-likeness (QED) is 0.706. The Balaban J connectivity index is 2.62. The van der Waals surface area contributed by atoms with Gasteiger partial charge in [-0.2, -0.15) is 4.98 Å². The minimum atomic E-state index is -2.79. The zero-order chi connectivity index (χ0) is 14.4. The summed E-state index contributed by atoms with van der Waals surface area (Å²) in [6.07, 6.45) is -4.53. The lowest BCUT2D eigenvalue weighted by Crippen LogP contribution is -2.27. The van der Waals surface area contributed by atoms with Crippen molar-refractivity contribution in [3.05, 3.63) is 12.1 Å². The van der Waals surface area contributed by atoms with Gasteiger partial charge in [0.2, 0.25) is 5.88 Å². The van der Waals surface area contributed by atoms with Crippen molar-refractivity contribution in [3.63, 3.8) is 0 Å². The third-order valence-electron chi connectivity index (χ3n) is 2.23. The lowest BCUT2D eigenvalue weighted by atomic mass is 10.2. The maximum atomic E-state index is 12.1. The van der Waals surface area contributed by atoms with Crippen LogP contribution >= 0.6 is 0 Å². The number of hydrogen-bond acceptors (Lipinski definition) is 5. The number of nitrogens with two attached hydrogens (primary N) is 1. The predicted molar refractivity (Wildman–Crippen MR) is 69.5 cm³/mol. The molecule has 0 fully saturated rings. The highest BCUT2D eigenvalue weighted by Gasteiger charge is 2.16.